The summed E-state index contributed by atoms with van der Waals surface area (Å²) in [4.78, 5) is 23.5. The van der Waals surface area contributed by atoms with Gasteiger partial charge in [-0.3, -0.25) is 4.79 Å². The Morgan fingerprint density at radius 3 is 2.50 bits per heavy atom. The van der Waals surface area contributed by atoms with Gasteiger partial charge in [0, 0.05) is 6.54 Å². The van der Waals surface area contributed by atoms with E-state index in [2.05, 4.69) is 24.3 Å². The molecule has 4 bridgehead atoms. The monoisotopic (exact) mass is 360 g/mol. The van der Waals surface area contributed by atoms with Crippen LogP contribution in [0.1, 0.15) is 58.1 Å². The number of nitro groups is 1. The summed E-state index contributed by atoms with van der Waals surface area (Å²) in [6, 6.07) is 1.46. The maximum atomic E-state index is 13.1. The van der Waals surface area contributed by atoms with Gasteiger partial charge in [-0.2, -0.15) is 4.68 Å². The van der Waals surface area contributed by atoms with Crippen molar-refractivity contribution in [3.05, 3.63) is 21.9 Å². The highest BCUT2D eigenvalue weighted by atomic mass is 16.6. The second-order valence-electron chi connectivity index (χ2n) is 9.79. The van der Waals surface area contributed by atoms with Gasteiger partial charge in [0.2, 0.25) is 5.91 Å². The van der Waals surface area contributed by atoms with E-state index >= 15 is 0 Å². The van der Waals surface area contributed by atoms with Crippen LogP contribution in [0.25, 0.3) is 0 Å². The smallest absolute Gasteiger partial charge is 0.358 e. The predicted octanol–water partition coefficient (Wildman–Crippen LogP) is 3.21. The molecule has 4 fully saturated rings. The Bertz CT molecular complexity index is 753. The normalized spacial score (nSPS) is 37.7. The molecule has 0 saturated heterocycles. The van der Waals surface area contributed by atoms with E-state index in [0.29, 0.717) is 29.8 Å². The standard InChI is InChI=1S/C19H28N4O3/c1-13-6-15(23(25)26)21-22(13)5-4-20-16(24)19-9-14-7-17(2,11-19)10-18(3,8-14)12-19/h6,14H,4-5,7-12H2,1-3H3,(H,20,24). The first-order valence-electron chi connectivity index (χ1n) is 9.59. The molecule has 2 unspecified atom stereocenters. The second kappa shape index (κ2) is 5.54. The van der Waals surface area contributed by atoms with Crippen molar-refractivity contribution in [1.82, 2.24) is 15.1 Å². The van der Waals surface area contributed by atoms with Gasteiger partial charge in [-0.15, -0.1) is 0 Å². The Kier molecular flexibility index (Phi) is 3.72. The average molecular weight is 360 g/mol. The van der Waals surface area contributed by atoms with Crippen LogP contribution in [0.2, 0.25) is 0 Å². The predicted molar refractivity (Wildman–Crippen MR) is 96.5 cm³/mol. The highest BCUT2D eigenvalue weighted by Gasteiger charge is 2.62. The molecule has 4 aliphatic rings. The number of carbonyl (C=O) groups excluding carboxylic acids is 1. The first-order chi connectivity index (χ1) is 12.1. The van der Waals surface area contributed by atoms with Crippen LogP contribution in [0.15, 0.2) is 6.07 Å². The third kappa shape index (κ3) is 2.81. The zero-order valence-corrected chi connectivity index (χ0v) is 15.9. The molecular formula is C19H28N4O3. The summed E-state index contributed by atoms with van der Waals surface area (Å²) < 4.78 is 1.60. The molecule has 26 heavy (non-hydrogen) atoms. The fraction of sp³-hybridized carbons (Fsp3) is 0.789. The molecule has 1 aromatic heterocycles. The van der Waals surface area contributed by atoms with E-state index in [-0.39, 0.29) is 17.1 Å². The average Bonchev–Trinajstić information content (AvgIpc) is 2.85. The van der Waals surface area contributed by atoms with E-state index in [1.54, 1.807) is 11.6 Å². The van der Waals surface area contributed by atoms with Crippen LogP contribution in [0.5, 0.6) is 0 Å². The van der Waals surface area contributed by atoms with Crippen molar-refractivity contribution in [1.29, 1.82) is 0 Å². The third-order valence-electron chi connectivity index (χ3n) is 6.87. The Hall–Kier alpha value is -1.92. The van der Waals surface area contributed by atoms with Gasteiger partial charge in [0.15, 0.2) is 0 Å². The molecule has 142 valence electrons. The lowest BCUT2D eigenvalue weighted by Gasteiger charge is -2.64. The summed E-state index contributed by atoms with van der Waals surface area (Å²) in [5, 5.41) is 17.9. The third-order valence-corrected chi connectivity index (χ3v) is 6.87. The van der Waals surface area contributed by atoms with Crippen molar-refractivity contribution < 1.29 is 9.72 Å². The number of aromatic nitrogens is 2. The van der Waals surface area contributed by atoms with Gasteiger partial charge in [0.05, 0.1) is 28.8 Å². The molecule has 2 atom stereocenters. The van der Waals surface area contributed by atoms with Gasteiger partial charge < -0.3 is 15.4 Å². The maximum absolute atomic E-state index is 13.1. The van der Waals surface area contributed by atoms with Gasteiger partial charge in [0.1, 0.15) is 0 Å². The highest BCUT2D eigenvalue weighted by Crippen LogP contribution is 2.69. The van der Waals surface area contributed by atoms with Gasteiger partial charge in [-0.05, 0) is 67.1 Å². The largest absolute Gasteiger partial charge is 0.390 e. The number of hydrogen-bond donors (Lipinski definition) is 1. The molecule has 0 spiro atoms. The quantitative estimate of drug-likeness (QED) is 0.645. The Morgan fingerprint density at radius 1 is 1.31 bits per heavy atom. The first-order valence-corrected chi connectivity index (χ1v) is 9.59. The summed E-state index contributed by atoms with van der Waals surface area (Å²) in [5.41, 5.74) is 1.14. The van der Waals surface area contributed by atoms with Crippen molar-refractivity contribution in [3.8, 4) is 0 Å². The molecule has 1 heterocycles. The lowest BCUT2D eigenvalue weighted by atomic mass is 9.40. The first kappa shape index (κ1) is 17.5. The molecule has 7 nitrogen and oxygen atoms in total. The van der Waals surface area contributed by atoms with Crippen LogP contribution in [-0.2, 0) is 11.3 Å². The lowest BCUT2D eigenvalue weighted by molar-refractivity contribution is -0.389. The molecule has 0 aromatic carbocycles. The molecule has 1 aromatic rings. The summed E-state index contributed by atoms with van der Waals surface area (Å²) in [7, 11) is 0. The van der Waals surface area contributed by atoms with Crippen molar-refractivity contribution in [3.63, 3.8) is 0 Å². The molecule has 1 N–H and O–H groups in total. The molecular weight excluding hydrogens is 332 g/mol. The Labute approximate surface area is 153 Å². The van der Waals surface area contributed by atoms with Gasteiger partial charge in [0.25, 0.3) is 0 Å². The van der Waals surface area contributed by atoms with Crippen LogP contribution in [-0.4, -0.2) is 27.2 Å². The number of amides is 1. The fourth-order valence-electron chi connectivity index (χ4n) is 6.97. The minimum atomic E-state index is -0.487. The summed E-state index contributed by atoms with van der Waals surface area (Å²) in [5.74, 6) is 0.720. The van der Waals surface area contributed by atoms with E-state index in [1.807, 2.05) is 0 Å². The second-order valence-corrected chi connectivity index (χ2v) is 9.79. The van der Waals surface area contributed by atoms with Crippen molar-refractivity contribution in [2.75, 3.05) is 6.54 Å². The number of rotatable bonds is 5. The van der Waals surface area contributed by atoms with E-state index in [9.17, 15) is 14.9 Å². The van der Waals surface area contributed by atoms with E-state index in [4.69, 9.17) is 0 Å². The summed E-state index contributed by atoms with van der Waals surface area (Å²) in [6.45, 7) is 7.44. The number of aryl methyl sites for hydroxylation is 1. The maximum Gasteiger partial charge on any atom is 0.390 e. The Balaban J connectivity index is 1.42. The lowest BCUT2D eigenvalue weighted by Crippen LogP contribution is -2.60. The zero-order chi connectivity index (χ0) is 18.7. The highest BCUT2D eigenvalue weighted by molar-refractivity contribution is 5.83. The van der Waals surface area contributed by atoms with Gasteiger partial charge >= 0.3 is 5.82 Å². The van der Waals surface area contributed by atoms with Crippen LogP contribution in [0.3, 0.4) is 0 Å². The fourth-order valence-corrected chi connectivity index (χ4v) is 6.97. The molecule has 0 aliphatic heterocycles. The zero-order valence-electron chi connectivity index (χ0n) is 15.9. The SMILES string of the molecule is Cc1cc([N+](=O)[O-])nn1CCNC(=O)C12CC3CC(C)(CC(C)(C3)C1)C2. The molecule has 0 radical (unpaired) electrons. The molecule has 5 rings (SSSR count). The summed E-state index contributed by atoms with van der Waals surface area (Å²) in [6.07, 6.45) is 6.83. The minimum absolute atomic E-state index is 0.143. The van der Waals surface area contributed by atoms with Crippen LogP contribution in [0.4, 0.5) is 5.82 Å². The number of carbonyl (C=O) groups is 1. The molecule has 4 aliphatic carbocycles. The van der Waals surface area contributed by atoms with E-state index in [1.165, 1.54) is 25.3 Å². The summed E-state index contributed by atoms with van der Waals surface area (Å²) >= 11 is 0. The van der Waals surface area contributed by atoms with E-state index in [0.717, 1.165) is 25.0 Å². The number of nitrogens with zero attached hydrogens (tertiary/aromatic N) is 3. The molecule has 4 saturated carbocycles. The number of nitrogens with one attached hydrogen (secondary N) is 1. The molecule has 1 amide bonds. The van der Waals surface area contributed by atoms with E-state index < -0.39 is 4.92 Å². The minimum Gasteiger partial charge on any atom is -0.358 e. The van der Waals surface area contributed by atoms with Crippen LogP contribution < -0.4 is 5.32 Å². The van der Waals surface area contributed by atoms with Gasteiger partial charge in [-0.1, -0.05) is 13.8 Å². The van der Waals surface area contributed by atoms with Gasteiger partial charge in [-0.25, -0.2) is 0 Å². The van der Waals surface area contributed by atoms with Crippen molar-refractivity contribution in [2.24, 2.45) is 22.2 Å². The van der Waals surface area contributed by atoms with Crippen molar-refractivity contribution in [2.45, 2.75) is 65.8 Å². The number of hydrogen-bond acceptors (Lipinski definition) is 4. The van der Waals surface area contributed by atoms with Crippen LogP contribution in [0, 0.1) is 39.2 Å². The topological polar surface area (TPSA) is 90.1 Å². The van der Waals surface area contributed by atoms with Crippen molar-refractivity contribution >= 4 is 11.7 Å². The molecule has 7 heteroatoms. The Morgan fingerprint density at radius 2 is 1.96 bits per heavy atom. The van der Waals surface area contributed by atoms with Crippen LogP contribution >= 0.6 is 0 Å².